The number of ether oxygens (including phenoxy) is 1. The highest BCUT2D eigenvalue weighted by atomic mass is 32.2. The quantitative estimate of drug-likeness (QED) is 0.312. The van der Waals surface area contributed by atoms with E-state index >= 15 is 0 Å². The highest BCUT2D eigenvalue weighted by Crippen LogP contribution is 2.44. The molecule has 2 bridgehead atoms. The van der Waals surface area contributed by atoms with Gasteiger partial charge in [-0.05, 0) is 44.9 Å². The van der Waals surface area contributed by atoms with E-state index in [1.807, 2.05) is 0 Å². The van der Waals surface area contributed by atoms with Crippen LogP contribution in [0.25, 0.3) is 0 Å². The lowest BCUT2D eigenvalue weighted by molar-refractivity contribution is -0.137. The van der Waals surface area contributed by atoms with Crippen molar-refractivity contribution in [2.24, 2.45) is 22.1 Å². The Kier molecular flexibility index (Phi) is 6.47. The van der Waals surface area contributed by atoms with Crippen LogP contribution in [0.2, 0.25) is 0 Å². The summed E-state index contributed by atoms with van der Waals surface area (Å²) in [5, 5.41) is 9.74. The molecule has 3 aliphatic rings. The summed E-state index contributed by atoms with van der Waals surface area (Å²) in [6, 6.07) is 3.01. The third-order valence-electron chi connectivity index (χ3n) is 5.68. The number of hydrazone groups is 1. The molecule has 1 saturated carbocycles. The van der Waals surface area contributed by atoms with Crippen LogP contribution in [0.3, 0.4) is 0 Å². The summed E-state index contributed by atoms with van der Waals surface area (Å²) >= 11 is 0.647. The Morgan fingerprint density at radius 2 is 1.70 bits per heavy atom. The van der Waals surface area contributed by atoms with Gasteiger partial charge < -0.3 is 9.57 Å². The zero-order valence-corrected chi connectivity index (χ0v) is 18.6. The van der Waals surface area contributed by atoms with E-state index in [4.69, 9.17) is 9.57 Å². The Balaban J connectivity index is 1.50. The molecule has 0 aromatic heterocycles. The minimum atomic E-state index is -4.55. The predicted molar refractivity (Wildman–Crippen MR) is 111 cm³/mol. The molecule has 182 valence electrons. The van der Waals surface area contributed by atoms with E-state index in [1.54, 1.807) is 18.9 Å². The second-order valence-corrected chi connectivity index (χ2v) is 9.32. The van der Waals surface area contributed by atoms with Crippen molar-refractivity contribution in [2.45, 2.75) is 45.1 Å². The molecule has 2 atom stereocenters. The fraction of sp³-hybridized carbons (Fsp3) is 0.600. The smallest absolute Gasteiger partial charge is 0.441 e. The van der Waals surface area contributed by atoms with Crippen molar-refractivity contribution < 1.29 is 35.9 Å². The van der Waals surface area contributed by atoms with Crippen LogP contribution in [0.15, 0.2) is 28.5 Å². The molecule has 13 heteroatoms. The molecule has 33 heavy (non-hydrogen) atoms. The Morgan fingerprint density at radius 1 is 1.03 bits per heavy atom. The second kappa shape index (κ2) is 8.90. The highest BCUT2D eigenvalue weighted by Gasteiger charge is 2.47. The van der Waals surface area contributed by atoms with Crippen LogP contribution in [0, 0.1) is 11.8 Å². The SMILES string of the molecule is CC(C)=NOc1cc(C(F)(F)F)ccc1OC1C2CCC1CN(N1CSC(C(F)(F)F)=N1)C2. The van der Waals surface area contributed by atoms with Crippen LogP contribution < -0.4 is 9.57 Å². The van der Waals surface area contributed by atoms with E-state index < -0.39 is 23.0 Å². The minimum absolute atomic E-state index is 0.00885. The summed E-state index contributed by atoms with van der Waals surface area (Å²) < 4.78 is 84.4. The number of oxime groups is 1. The zero-order valence-electron chi connectivity index (χ0n) is 17.8. The molecule has 0 amide bonds. The molecule has 6 nitrogen and oxygen atoms in total. The molecular weight excluding hydrogens is 474 g/mol. The van der Waals surface area contributed by atoms with Crippen molar-refractivity contribution in [3.8, 4) is 11.5 Å². The van der Waals surface area contributed by atoms with E-state index in [0.717, 1.165) is 25.0 Å². The van der Waals surface area contributed by atoms with Crippen molar-refractivity contribution in [3.05, 3.63) is 23.8 Å². The van der Waals surface area contributed by atoms with Gasteiger partial charge in [-0.2, -0.15) is 26.3 Å². The van der Waals surface area contributed by atoms with E-state index in [9.17, 15) is 26.3 Å². The lowest BCUT2D eigenvalue weighted by Gasteiger charge is -2.40. The van der Waals surface area contributed by atoms with Crippen LogP contribution >= 0.6 is 11.8 Å². The van der Waals surface area contributed by atoms with Gasteiger partial charge in [0.05, 0.1) is 11.3 Å². The van der Waals surface area contributed by atoms with E-state index in [-0.39, 0.29) is 35.3 Å². The van der Waals surface area contributed by atoms with Gasteiger partial charge in [-0.15, -0.1) is 5.10 Å². The van der Waals surface area contributed by atoms with Crippen LogP contribution in [-0.2, 0) is 6.18 Å². The number of halogens is 6. The Morgan fingerprint density at radius 3 is 2.24 bits per heavy atom. The van der Waals surface area contributed by atoms with Gasteiger partial charge in [-0.3, -0.25) is 0 Å². The topological polar surface area (TPSA) is 49.7 Å². The number of hydrazine groups is 1. The number of hydrogen-bond donors (Lipinski definition) is 0. The number of alkyl halides is 6. The monoisotopic (exact) mass is 496 g/mol. The van der Waals surface area contributed by atoms with E-state index in [1.165, 1.54) is 11.2 Å². The Hall–Kier alpha value is -2.15. The summed E-state index contributed by atoms with van der Waals surface area (Å²) in [6.45, 7) is 4.18. The third kappa shape index (κ3) is 5.34. The van der Waals surface area contributed by atoms with E-state index in [2.05, 4.69) is 10.3 Å². The van der Waals surface area contributed by atoms with Crippen LogP contribution in [0.5, 0.6) is 11.5 Å². The fourth-order valence-corrected chi connectivity index (χ4v) is 5.01. The van der Waals surface area contributed by atoms with Gasteiger partial charge in [-0.25, -0.2) is 10.1 Å². The molecule has 2 aliphatic heterocycles. The van der Waals surface area contributed by atoms with Crippen LogP contribution in [0.4, 0.5) is 26.3 Å². The van der Waals surface area contributed by atoms with Crippen LogP contribution in [0.1, 0.15) is 32.3 Å². The summed E-state index contributed by atoms with van der Waals surface area (Å²) in [5.41, 5.74) is -0.356. The molecule has 1 aliphatic carbocycles. The molecule has 0 spiro atoms. The largest absolute Gasteiger partial charge is 0.486 e. The first kappa shape index (κ1) is 24.0. The molecule has 2 unspecified atom stereocenters. The molecule has 1 aromatic rings. The number of fused-ring (bicyclic) bond motifs is 2. The molecule has 1 aromatic carbocycles. The Labute approximate surface area is 190 Å². The number of rotatable bonds is 5. The molecule has 1 saturated heterocycles. The van der Waals surface area contributed by atoms with Gasteiger partial charge in [0.2, 0.25) is 5.04 Å². The van der Waals surface area contributed by atoms with Crippen molar-refractivity contribution in [1.82, 2.24) is 10.1 Å². The van der Waals surface area contributed by atoms with E-state index in [0.29, 0.717) is 30.6 Å². The van der Waals surface area contributed by atoms with Crippen molar-refractivity contribution in [1.29, 1.82) is 0 Å². The predicted octanol–water partition coefficient (Wildman–Crippen LogP) is 5.37. The first-order valence-corrected chi connectivity index (χ1v) is 11.3. The highest BCUT2D eigenvalue weighted by molar-refractivity contribution is 8.14. The Bertz CT molecular complexity index is 933. The zero-order chi connectivity index (χ0) is 24.0. The summed E-state index contributed by atoms with van der Waals surface area (Å²) in [4.78, 5) is 5.23. The van der Waals surface area contributed by atoms with Crippen molar-refractivity contribution in [2.75, 3.05) is 19.0 Å². The number of thioether (sulfide) groups is 1. The van der Waals surface area contributed by atoms with Gasteiger partial charge in [0.15, 0.2) is 11.5 Å². The van der Waals surface area contributed by atoms with Crippen LogP contribution in [-0.4, -0.2) is 52.1 Å². The minimum Gasteiger partial charge on any atom is -0.486 e. The molecule has 0 N–H and O–H groups in total. The van der Waals surface area contributed by atoms with Crippen molar-refractivity contribution >= 4 is 22.5 Å². The molecular formula is C20H22F6N4O2S. The van der Waals surface area contributed by atoms with Gasteiger partial charge in [0.1, 0.15) is 12.0 Å². The molecule has 4 rings (SSSR count). The van der Waals surface area contributed by atoms with Gasteiger partial charge in [0, 0.05) is 24.9 Å². The summed E-state index contributed by atoms with van der Waals surface area (Å²) in [6.07, 6.45) is -7.72. The van der Waals surface area contributed by atoms with Gasteiger partial charge in [0.25, 0.3) is 0 Å². The normalized spacial score (nSPS) is 25.8. The summed E-state index contributed by atoms with van der Waals surface area (Å²) in [7, 11) is 0. The number of piperidine rings is 1. The third-order valence-corrected chi connectivity index (χ3v) is 6.63. The lowest BCUT2D eigenvalue weighted by Crippen LogP contribution is -2.52. The van der Waals surface area contributed by atoms with Gasteiger partial charge in [-0.1, -0.05) is 16.9 Å². The average Bonchev–Trinajstić information content (AvgIpc) is 3.29. The maximum Gasteiger partial charge on any atom is 0.441 e. The van der Waals surface area contributed by atoms with Gasteiger partial charge >= 0.3 is 12.4 Å². The summed E-state index contributed by atoms with van der Waals surface area (Å²) in [5.74, 6) is 0.0852. The maximum absolute atomic E-state index is 13.2. The fourth-order valence-electron chi connectivity index (χ4n) is 4.23. The number of nitrogens with zero attached hydrogens (tertiary/aromatic N) is 4. The average molecular weight is 496 g/mol. The first-order valence-electron chi connectivity index (χ1n) is 10.3. The van der Waals surface area contributed by atoms with Crippen molar-refractivity contribution in [3.63, 3.8) is 0 Å². The maximum atomic E-state index is 13.2. The number of benzene rings is 1. The molecule has 0 radical (unpaired) electrons. The standard InChI is InChI=1S/C20H22F6N4O2S/c1-11(2)28-32-16-7-14(19(21,22)23)5-6-15(16)31-17-12-3-4-13(17)9-29(8-12)30-10-33-18(27-30)20(24,25)26/h5-7,12-13,17H,3-4,8-10H2,1-2H3. The lowest BCUT2D eigenvalue weighted by atomic mass is 9.96. The first-order chi connectivity index (χ1) is 15.4. The number of hydrogen-bond acceptors (Lipinski definition) is 7. The molecule has 2 fully saturated rings. The molecule has 2 heterocycles. The second-order valence-electron chi connectivity index (χ2n) is 8.39.